The van der Waals surface area contributed by atoms with Crippen LogP contribution in [0.2, 0.25) is 0 Å². The number of rotatable bonds is 4. The van der Waals surface area contributed by atoms with Crippen LogP contribution in [0.25, 0.3) is 0 Å². The third kappa shape index (κ3) is 3.86. The molecule has 1 saturated heterocycles. The number of likely N-dealkylation sites (tertiary alicyclic amines) is 1. The Bertz CT molecular complexity index is 285. The molecule has 7 nitrogen and oxygen atoms in total. The molecule has 0 saturated carbocycles. The molecule has 0 bridgehead atoms. The van der Waals surface area contributed by atoms with E-state index >= 15 is 0 Å². The summed E-state index contributed by atoms with van der Waals surface area (Å²) >= 11 is 0. The molecule has 17 heavy (non-hydrogen) atoms. The molecule has 1 heterocycles. The number of primary amides is 1. The molecule has 0 aromatic carbocycles. The number of aliphatic hydroxyl groups excluding tert-OH is 1. The maximum Gasteiger partial charge on any atom is 0.314 e. The van der Waals surface area contributed by atoms with E-state index in [-0.39, 0.29) is 24.5 Å². The fourth-order valence-electron chi connectivity index (χ4n) is 2.03. The van der Waals surface area contributed by atoms with Gasteiger partial charge in [0.15, 0.2) is 0 Å². The summed E-state index contributed by atoms with van der Waals surface area (Å²) in [5, 5.41) is 11.8. The van der Waals surface area contributed by atoms with Gasteiger partial charge in [0.2, 0.25) is 0 Å². The van der Waals surface area contributed by atoms with E-state index in [1.165, 1.54) is 12.0 Å². The molecule has 1 aliphatic heterocycles. The topological polar surface area (TPSA) is 105 Å². The van der Waals surface area contributed by atoms with Gasteiger partial charge >= 0.3 is 12.0 Å². The van der Waals surface area contributed by atoms with Crippen molar-refractivity contribution in [2.24, 2.45) is 11.7 Å². The Morgan fingerprint density at radius 1 is 1.53 bits per heavy atom. The van der Waals surface area contributed by atoms with Crippen LogP contribution in [0.1, 0.15) is 6.42 Å². The second-order valence-corrected chi connectivity index (χ2v) is 4.07. The van der Waals surface area contributed by atoms with Crippen LogP contribution in [0.4, 0.5) is 4.79 Å². The fraction of sp³-hybridized carbons (Fsp3) is 0.800. The van der Waals surface area contributed by atoms with E-state index in [9.17, 15) is 9.59 Å². The van der Waals surface area contributed by atoms with Crippen molar-refractivity contribution < 1.29 is 19.4 Å². The molecule has 1 fully saturated rings. The number of esters is 1. The predicted molar refractivity (Wildman–Crippen MR) is 60.2 cm³/mol. The molecule has 98 valence electrons. The van der Waals surface area contributed by atoms with E-state index in [1.54, 1.807) is 0 Å². The Labute approximate surface area is 99.9 Å². The zero-order valence-electron chi connectivity index (χ0n) is 9.89. The number of carbonyl (C=O) groups is 2. The first kappa shape index (κ1) is 13.7. The number of hydrogen-bond acceptors (Lipinski definition) is 5. The van der Waals surface area contributed by atoms with Crippen LogP contribution < -0.4 is 11.1 Å². The van der Waals surface area contributed by atoms with Gasteiger partial charge in [-0.1, -0.05) is 0 Å². The summed E-state index contributed by atoms with van der Waals surface area (Å²) < 4.78 is 4.68. The second-order valence-electron chi connectivity index (χ2n) is 4.07. The molecule has 2 atom stereocenters. The standard InChI is InChI=1S/C10H19N3O4/c1-17-9(15)7-4-8(12-2-3-14)6-13(5-7)10(11)16/h7-8,12,14H,2-6H2,1H3,(H2,11,16). The van der Waals surface area contributed by atoms with Crippen LogP contribution in [-0.4, -0.2) is 61.4 Å². The minimum atomic E-state index is -0.547. The normalized spacial score (nSPS) is 24.5. The first-order chi connectivity index (χ1) is 8.08. The molecular formula is C10H19N3O4. The highest BCUT2D eigenvalue weighted by molar-refractivity contribution is 5.76. The van der Waals surface area contributed by atoms with Crippen molar-refractivity contribution >= 4 is 12.0 Å². The molecule has 1 rings (SSSR count). The number of ether oxygens (including phenoxy) is 1. The van der Waals surface area contributed by atoms with Crippen LogP contribution >= 0.6 is 0 Å². The molecule has 2 unspecified atom stereocenters. The first-order valence-electron chi connectivity index (χ1n) is 5.55. The van der Waals surface area contributed by atoms with E-state index in [4.69, 9.17) is 10.8 Å². The van der Waals surface area contributed by atoms with Crippen molar-refractivity contribution in [1.29, 1.82) is 0 Å². The van der Waals surface area contributed by atoms with Crippen LogP contribution in [0.3, 0.4) is 0 Å². The van der Waals surface area contributed by atoms with Crippen LogP contribution in [-0.2, 0) is 9.53 Å². The van der Waals surface area contributed by atoms with Gasteiger partial charge in [-0.25, -0.2) is 4.79 Å². The average Bonchev–Trinajstić information content (AvgIpc) is 2.34. The lowest BCUT2D eigenvalue weighted by Gasteiger charge is -2.36. The first-order valence-corrected chi connectivity index (χ1v) is 5.55. The van der Waals surface area contributed by atoms with Crippen molar-refractivity contribution in [3.8, 4) is 0 Å². The number of carbonyl (C=O) groups excluding carboxylic acids is 2. The Kier molecular flexibility index (Phi) is 5.17. The number of piperidine rings is 1. The van der Waals surface area contributed by atoms with Crippen molar-refractivity contribution in [2.75, 3.05) is 33.4 Å². The number of aliphatic hydroxyl groups is 1. The number of urea groups is 1. The van der Waals surface area contributed by atoms with E-state index in [0.29, 0.717) is 26.1 Å². The van der Waals surface area contributed by atoms with E-state index in [2.05, 4.69) is 10.1 Å². The number of amides is 2. The van der Waals surface area contributed by atoms with E-state index in [0.717, 1.165) is 0 Å². The summed E-state index contributed by atoms with van der Waals surface area (Å²) in [5.74, 6) is -0.704. The highest BCUT2D eigenvalue weighted by atomic mass is 16.5. The summed E-state index contributed by atoms with van der Waals surface area (Å²) in [6.07, 6.45) is 0.580. The Morgan fingerprint density at radius 3 is 2.76 bits per heavy atom. The molecule has 0 aromatic heterocycles. The average molecular weight is 245 g/mol. The number of hydrogen-bond donors (Lipinski definition) is 3. The van der Waals surface area contributed by atoms with Crippen LogP contribution in [0.15, 0.2) is 0 Å². The van der Waals surface area contributed by atoms with Gasteiger partial charge in [-0.2, -0.15) is 0 Å². The van der Waals surface area contributed by atoms with Crippen molar-refractivity contribution in [2.45, 2.75) is 12.5 Å². The highest BCUT2D eigenvalue weighted by Gasteiger charge is 2.33. The summed E-state index contributed by atoms with van der Waals surface area (Å²) in [6.45, 7) is 1.17. The zero-order valence-corrected chi connectivity index (χ0v) is 9.89. The van der Waals surface area contributed by atoms with Gasteiger partial charge in [0, 0.05) is 25.7 Å². The minimum absolute atomic E-state index is 0.00988. The Morgan fingerprint density at radius 2 is 2.24 bits per heavy atom. The molecule has 1 aliphatic rings. The predicted octanol–water partition coefficient (Wildman–Crippen LogP) is -1.49. The van der Waals surface area contributed by atoms with Crippen molar-refractivity contribution in [1.82, 2.24) is 10.2 Å². The minimum Gasteiger partial charge on any atom is -0.469 e. The number of nitrogens with one attached hydrogen (secondary N) is 1. The van der Waals surface area contributed by atoms with Gasteiger partial charge in [-0.3, -0.25) is 4.79 Å². The monoisotopic (exact) mass is 245 g/mol. The Balaban J connectivity index is 2.62. The smallest absolute Gasteiger partial charge is 0.314 e. The van der Waals surface area contributed by atoms with Gasteiger partial charge in [-0.15, -0.1) is 0 Å². The molecule has 7 heteroatoms. The second kappa shape index (κ2) is 6.41. The van der Waals surface area contributed by atoms with Crippen molar-refractivity contribution in [3.63, 3.8) is 0 Å². The lowest BCUT2D eigenvalue weighted by atomic mass is 9.94. The maximum absolute atomic E-state index is 11.5. The third-order valence-electron chi connectivity index (χ3n) is 2.84. The summed E-state index contributed by atoms with van der Waals surface area (Å²) in [4.78, 5) is 24.0. The Hall–Kier alpha value is -1.34. The van der Waals surface area contributed by atoms with Gasteiger partial charge in [0.1, 0.15) is 0 Å². The molecule has 4 N–H and O–H groups in total. The lowest BCUT2D eigenvalue weighted by molar-refractivity contribution is -0.147. The third-order valence-corrected chi connectivity index (χ3v) is 2.84. The van der Waals surface area contributed by atoms with Crippen LogP contribution in [0.5, 0.6) is 0 Å². The van der Waals surface area contributed by atoms with Gasteiger partial charge < -0.3 is 25.8 Å². The summed E-state index contributed by atoms with van der Waals surface area (Å²) in [7, 11) is 1.32. The largest absolute Gasteiger partial charge is 0.469 e. The van der Waals surface area contributed by atoms with E-state index < -0.39 is 6.03 Å². The number of methoxy groups -OCH3 is 1. The molecule has 0 spiro atoms. The van der Waals surface area contributed by atoms with Gasteiger partial charge in [0.25, 0.3) is 0 Å². The highest BCUT2D eigenvalue weighted by Crippen LogP contribution is 2.18. The van der Waals surface area contributed by atoms with Crippen LogP contribution in [0, 0.1) is 5.92 Å². The number of nitrogens with zero attached hydrogens (tertiary/aromatic N) is 1. The lowest BCUT2D eigenvalue weighted by Crippen LogP contribution is -2.54. The van der Waals surface area contributed by atoms with E-state index in [1.807, 2.05) is 0 Å². The fourth-order valence-corrected chi connectivity index (χ4v) is 2.03. The molecule has 0 radical (unpaired) electrons. The quantitative estimate of drug-likeness (QED) is 0.523. The molecule has 2 amide bonds. The maximum atomic E-state index is 11.5. The zero-order chi connectivity index (χ0) is 12.8. The summed E-state index contributed by atoms with van der Waals surface area (Å²) in [5.41, 5.74) is 5.22. The molecule has 0 aromatic rings. The SMILES string of the molecule is COC(=O)C1CC(NCCO)CN(C(N)=O)C1. The van der Waals surface area contributed by atoms with Crippen molar-refractivity contribution in [3.05, 3.63) is 0 Å². The van der Waals surface area contributed by atoms with Gasteiger partial charge in [0.05, 0.1) is 19.6 Å². The molecular weight excluding hydrogens is 226 g/mol. The number of nitrogens with two attached hydrogens (primary N) is 1. The van der Waals surface area contributed by atoms with Gasteiger partial charge in [-0.05, 0) is 6.42 Å². The molecule has 0 aliphatic carbocycles. The summed E-state index contributed by atoms with van der Waals surface area (Å²) in [6, 6.07) is -0.595.